The molecule has 0 heterocycles. The Morgan fingerprint density at radius 2 is 1.77 bits per heavy atom. The Morgan fingerprint density at radius 3 is 2.23 bits per heavy atom. The van der Waals surface area contributed by atoms with E-state index in [0.717, 1.165) is 16.2 Å². The van der Waals surface area contributed by atoms with Crippen LogP contribution < -0.4 is 0 Å². The second-order valence-electron chi connectivity index (χ2n) is 6.93. The van der Waals surface area contributed by atoms with E-state index in [-0.39, 0.29) is 0 Å². The second kappa shape index (κ2) is 1.26. The quantitative estimate of drug-likeness (QED) is 0.573. The Labute approximate surface area is 80.1 Å². The molecule has 0 N–H and O–H groups in total. The summed E-state index contributed by atoms with van der Waals surface area (Å²) in [5, 5.41) is 0. The largest absolute Gasteiger partial charge is 0.0648 e. The maximum absolute atomic E-state index is 2.62. The van der Waals surface area contributed by atoms with Crippen LogP contribution in [0.25, 0.3) is 0 Å². The van der Waals surface area contributed by atoms with E-state index in [1.807, 2.05) is 0 Å². The van der Waals surface area contributed by atoms with Crippen LogP contribution in [-0.2, 0) is 0 Å². The number of rotatable bonds is 1. The van der Waals surface area contributed by atoms with Gasteiger partial charge in [0.2, 0.25) is 0 Å². The average molecular weight is 174 g/mol. The first-order chi connectivity index (χ1) is 6.21. The zero-order chi connectivity index (χ0) is 8.64. The van der Waals surface area contributed by atoms with Crippen molar-refractivity contribution in [2.24, 2.45) is 39.9 Å². The molecular weight excluding hydrogens is 156 g/mol. The van der Waals surface area contributed by atoms with Crippen molar-refractivity contribution in [2.75, 3.05) is 0 Å². The summed E-state index contributed by atoms with van der Waals surface area (Å²) in [6.07, 6.45) is 6.36. The molecule has 0 saturated heterocycles. The van der Waals surface area contributed by atoms with E-state index in [1.165, 1.54) is 30.1 Å². The van der Waals surface area contributed by atoms with Gasteiger partial charge in [-0.3, -0.25) is 0 Å². The molecule has 0 aromatic rings. The molecule has 0 aromatic heterocycles. The Hall–Kier alpha value is 0. The molecule has 6 bridgehead atoms. The lowest BCUT2D eigenvalue weighted by Crippen LogP contribution is -2.98. The van der Waals surface area contributed by atoms with Crippen LogP contribution in [0.2, 0.25) is 0 Å². The summed E-state index contributed by atoms with van der Waals surface area (Å²) in [5.74, 6) is 4.94. The van der Waals surface area contributed by atoms with Gasteiger partial charge in [0, 0.05) is 0 Å². The molecule has 0 amide bonds. The molecule has 0 heteroatoms. The van der Waals surface area contributed by atoms with Gasteiger partial charge in [0.05, 0.1) is 0 Å². The molecule has 13 heavy (non-hydrogen) atoms. The maximum Gasteiger partial charge on any atom is -0.0198 e. The molecule has 8 saturated carbocycles. The minimum absolute atomic E-state index is 0.880. The van der Waals surface area contributed by atoms with Crippen LogP contribution in [0.3, 0.4) is 0 Å². The van der Waals surface area contributed by atoms with Crippen molar-refractivity contribution in [2.45, 2.75) is 39.5 Å². The molecule has 3 unspecified atom stereocenters. The third-order valence-electron chi connectivity index (χ3n) is 7.54. The lowest BCUT2D eigenvalue weighted by molar-refractivity contribution is -0.554. The van der Waals surface area contributed by atoms with E-state index in [1.54, 1.807) is 19.3 Å². The predicted molar refractivity (Wildman–Crippen MR) is 51.1 cm³/mol. The summed E-state index contributed by atoms with van der Waals surface area (Å²) in [6, 6.07) is 0. The van der Waals surface area contributed by atoms with E-state index in [4.69, 9.17) is 0 Å². The highest BCUT2D eigenvalue weighted by molar-refractivity contribution is 5.47. The third kappa shape index (κ3) is 0.302. The van der Waals surface area contributed by atoms with Gasteiger partial charge in [-0.1, -0.05) is 13.8 Å². The van der Waals surface area contributed by atoms with Gasteiger partial charge in [0.25, 0.3) is 0 Å². The Kier molecular flexibility index (Phi) is 0.626. The lowest BCUT2D eigenvalue weighted by atomic mass is 9.02. The number of hydrogen-bond donors (Lipinski definition) is 0. The molecule has 70 valence electrons. The van der Waals surface area contributed by atoms with E-state index < -0.39 is 0 Å². The molecule has 8 fully saturated rings. The molecule has 8 rings (SSSR count). The van der Waals surface area contributed by atoms with Gasteiger partial charge in [-0.2, -0.15) is 0 Å². The zero-order valence-electron chi connectivity index (χ0n) is 8.64. The topological polar surface area (TPSA) is 0 Å². The standard InChI is InChI=1S/C13H18/c1-3-13-6-12(4-5-12)9-7-10(13)8(9)11(7,13)2/h7-10H,3-6H2,1-2H3. The van der Waals surface area contributed by atoms with Gasteiger partial charge in [-0.05, 0) is 65.6 Å². The Morgan fingerprint density at radius 1 is 1.08 bits per heavy atom. The van der Waals surface area contributed by atoms with Crippen molar-refractivity contribution in [3.8, 4) is 0 Å². The molecule has 0 aliphatic heterocycles. The molecular formula is C13H18. The first-order valence-corrected chi connectivity index (χ1v) is 6.21. The molecule has 0 radical (unpaired) electrons. The Bertz CT molecular complexity index is 326. The normalized spacial score (nSPS) is 77.1. The molecule has 0 aromatic carbocycles. The van der Waals surface area contributed by atoms with Gasteiger partial charge >= 0.3 is 0 Å². The maximum atomic E-state index is 2.62. The highest BCUT2D eigenvalue weighted by atomic mass is 15.0. The first kappa shape index (κ1) is 6.48. The molecule has 3 atom stereocenters. The van der Waals surface area contributed by atoms with E-state index in [9.17, 15) is 0 Å². The lowest BCUT2D eigenvalue weighted by Gasteiger charge is -3.02. The highest BCUT2D eigenvalue weighted by Crippen LogP contribution is 3.05. The van der Waals surface area contributed by atoms with Crippen molar-refractivity contribution in [1.82, 2.24) is 0 Å². The van der Waals surface area contributed by atoms with Gasteiger partial charge in [0.1, 0.15) is 0 Å². The fourth-order valence-corrected chi connectivity index (χ4v) is 6.97. The average Bonchev–Trinajstić information content (AvgIpc) is 2.80. The summed E-state index contributed by atoms with van der Waals surface area (Å²) in [4.78, 5) is 0. The highest BCUT2D eigenvalue weighted by Gasteiger charge is 3.00. The summed E-state index contributed by atoms with van der Waals surface area (Å²) in [5.41, 5.74) is 2.70. The summed E-state index contributed by atoms with van der Waals surface area (Å²) in [6.45, 7) is 5.08. The summed E-state index contributed by atoms with van der Waals surface area (Å²) < 4.78 is 0. The van der Waals surface area contributed by atoms with Gasteiger partial charge in [-0.15, -0.1) is 0 Å². The zero-order valence-corrected chi connectivity index (χ0v) is 8.64. The van der Waals surface area contributed by atoms with Crippen LogP contribution in [0, 0.1) is 39.9 Å². The fraction of sp³-hybridized carbons (Fsp3) is 1.00. The Balaban J connectivity index is 1.71. The number of hydrogen-bond acceptors (Lipinski definition) is 0. The van der Waals surface area contributed by atoms with Gasteiger partial charge in [-0.25, -0.2) is 0 Å². The monoisotopic (exact) mass is 174 g/mol. The van der Waals surface area contributed by atoms with Gasteiger partial charge < -0.3 is 0 Å². The second-order valence-corrected chi connectivity index (χ2v) is 6.93. The molecule has 0 nitrogen and oxygen atoms in total. The van der Waals surface area contributed by atoms with Crippen LogP contribution in [0.5, 0.6) is 0 Å². The van der Waals surface area contributed by atoms with Crippen LogP contribution in [0.4, 0.5) is 0 Å². The van der Waals surface area contributed by atoms with Crippen LogP contribution in [-0.4, -0.2) is 0 Å². The molecule has 8 aliphatic carbocycles. The van der Waals surface area contributed by atoms with E-state index in [0.29, 0.717) is 0 Å². The van der Waals surface area contributed by atoms with Crippen molar-refractivity contribution in [3.63, 3.8) is 0 Å². The van der Waals surface area contributed by atoms with Crippen LogP contribution in [0.15, 0.2) is 0 Å². The minimum Gasteiger partial charge on any atom is -0.0648 e. The molecule has 8 aliphatic rings. The summed E-state index contributed by atoms with van der Waals surface area (Å²) in [7, 11) is 0. The van der Waals surface area contributed by atoms with Crippen molar-refractivity contribution in [3.05, 3.63) is 0 Å². The molecule has 1 spiro atoms. The third-order valence-corrected chi connectivity index (χ3v) is 7.54. The fourth-order valence-electron chi connectivity index (χ4n) is 6.97. The van der Waals surface area contributed by atoms with Crippen LogP contribution >= 0.6 is 0 Å². The van der Waals surface area contributed by atoms with Gasteiger partial charge in [0.15, 0.2) is 0 Å². The first-order valence-electron chi connectivity index (χ1n) is 6.21. The van der Waals surface area contributed by atoms with Crippen molar-refractivity contribution in [1.29, 1.82) is 0 Å². The van der Waals surface area contributed by atoms with Crippen molar-refractivity contribution < 1.29 is 0 Å². The van der Waals surface area contributed by atoms with E-state index in [2.05, 4.69) is 13.8 Å². The van der Waals surface area contributed by atoms with Crippen LogP contribution in [0.1, 0.15) is 39.5 Å². The summed E-state index contributed by atoms with van der Waals surface area (Å²) >= 11 is 0. The predicted octanol–water partition coefficient (Wildman–Crippen LogP) is 3.08. The van der Waals surface area contributed by atoms with E-state index >= 15 is 0 Å². The minimum atomic E-state index is 0.880. The SMILES string of the molecule is CCC12CC3(CC3)C3C4C1C3C42C. The smallest absolute Gasteiger partial charge is 0.0198 e. The van der Waals surface area contributed by atoms with Crippen molar-refractivity contribution >= 4 is 0 Å².